The van der Waals surface area contributed by atoms with Crippen molar-refractivity contribution in [1.82, 2.24) is 9.38 Å². The van der Waals surface area contributed by atoms with Crippen molar-refractivity contribution in [3.63, 3.8) is 0 Å². The van der Waals surface area contributed by atoms with Crippen LogP contribution in [0.1, 0.15) is 16.1 Å². The average Bonchev–Trinajstić information content (AvgIpc) is 3.06. The Hall–Kier alpha value is -2.54. The molecule has 0 saturated carbocycles. The summed E-state index contributed by atoms with van der Waals surface area (Å²) in [5.74, 6) is -0.416. The number of nitrogens with one attached hydrogen (secondary N) is 1. The van der Waals surface area contributed by atoms with E-state index >= 15 is 0 Å². The van der Waals surface area contributed by atoms with Crippen molar-refractivity contribution in [2.45, 2.75) is 6.54 Å². The van der Waals surface area contributed by atoms with E-state index in [1.165, 1.54) is 11.3 Å². The number of nitrogens with zero attached hydrogens (tertiary/aromatic N) is 2. The number of aromatic carboxylic acids is 1. The van der Waals surface area contributed by atoms with Crippen LogP contribution in [0, 0.1) is 0 Å². The Morgan fingerprint density at radius 3 is 3.05 bits per heavy atom. The number of thiazole rings is 1. The minimum atomic E-state index is -0.959. The topological polar surface area (TPSA) is 75.9 Å². The van der Waals surface area contributed by atoms with Crippen molar-refractivity contribution in [3.8, 4) is 5.88 Å². The fourth-order valence-corrected chi connectivity index (χ4v) is 2.86. The van der Waals surface area contributed by atoms with Gasteiger partial charge in [0.2, 0.25) is 5.88 Å². The second-order valence-electron chi connectivity index (χ2n) is 4.33. The van der Waals surface area contributed by atoms with Gasteiger partial charge in [-0.2, -0.15) is 4.98 Å². The van der Waals surface area contributed by atoms with Crippen molar-refractivity contribution in [2.24, 2.45) is 0 Å². The first-order chi connectivity index (χ1) is 10.2. The number of hydrogen-bond acceptors (Lipinski definition) is 5. The highest BCUT2D eigenvalue weighted by atomic mass is 32.1. The minimum absolute atomic E-state index is 0.238. The minimum Gasteiger partial charge on any atom is -0.480 e. The van der Waals surface area contributed by atoms with Gasteiger partial charge in [-0.15, -0.1) is 11.3 Å². The summed E-state index contributed by atoms with van der Waals surface area (Å²) >= 11 is 1.52. The number of hydrogen-bond donors (Lipinski definition) is 2. The summed E-state index contributed by atoms with van der Waals surface area (Å²) in [7, 11) is 1.57. The summed E-state index contributed by atoms with van der Waals surface area (Å²) < 4.78 is 7.20. The largest absolute Gasteiger partial charge is 0.480 e. The van der Waals surface area contributed by atoms with E-state index in [9.17, 15) is 9.90 Å². The predicted octanol–water partition coefficient (Wildman–Crippen LogP) is 2.71. The lowest BCUT2D eigenvalue weighted by Crippen LogP contribution is -2.08. The molecule has 0 radical (unpaired) electrons. The molecular formula is C14H13N3O3S. The molecule has 0 fully saturated rings. The molecule has 0 bridgehead atoms. The van der Waals surface area contributed by atoms with Crippen LogP contribution in [0.2, 0.25) is 0 Å². The first kappa shape index (κ1) is 13.4. The van der Waals surface area contributed by atoms with Gasteiger partial charge in [0, 0.05) is 17.3 Å². The highest BCUT2D eigenvalue weighted by Gasteiger charge is 2.15. The maximum absolute atomic E-state index is 11.2. The van der Waals surface area contributed by atoms with Crippen LogP contribution in [0.4, 0.5) is 5.69 Å². The number of anilines is 1. The van der Waals surface area contributed by atoms with Gasteiger partial charge in [0.15, 0.2) is 4.96 Å². The number of rotatable bonds is 5. The van der Waals surface area contributed by atoms with Crippen molar-refractivity contribution < 1.29 is 14.6 Å². The van der Waals surface area contributed by atoms with Gasteiger partial charge >= 0.3 is 5.97 Å². The molecule has 0 amide bonds. The number of para-hydroxylation sites is 1. The lowest BCUT2D eigenvalue weighted by molar-refractivity contribution is 0.0698. The molecule has 6 nitrogen and oxygen atoms in total. The fraction of sp³-hybridized carbons (Fsp3) is 0.143. The highest BCUT2D eigenvalue weighted by molar-refractivity contribution is 7.15. The van der Waals surface area contributed by atoms with Gasteiger partial charge in [-0.05, 0) is 12.1 Å². The molecule has 0 atom stereocenters. The predicted molar refractivity (Wildman–Crippen MR) is 80.3 cm³/mol. The van der Waals surface area contributed by atoms with Crippen LogP contribution < -0.4 is 10.1 Å². The van der Waals surface area contributed by atoms with Crippen molar-refractivity contribution >= 4 is 28.0 Å². The summed E-state index contributed by atoms with van der Waals surface area (Å²) in [6, 6.07) is 6.80. The molecule has 0 spiro atoms. The molecule has 0 saturated heterocycles. The second-order valence-corrected chi connectivity index (χ2v) is 5.20. The number of imidazole rings is 1. The van der Waals surface area contributed by atoms with Crippen molar-refractivity contribution in [2.75, 3.05) is 12.4 Å². The molecule has 2 heterocycles. The molecule has 3 aromatic rings. The van der Waals surface area contributed by atoms with E-state index in [0.717, 1.165) is 10.7 Å². The van der Waals surface area contributed by atoms with Crippen molar-refractivity contribution in [3.05, 3.63) is 47.1 Å². The maximum atomic E-state index is 11.2. The van der Waals surface area contributed by atoms with E-state index in [-0.39, 0.29) is 5.56 Å². The zero-order valence-corrected chi connectivity index (χ0v) is 12.1. The first-order valence-corrected chi connectivity index (χ1v) is 7.13. The molecular weight excluding hydrogens is 290 g/mol. The first-order valence-electron chi connectivity index (χ1n) is 6.25. The summed E-state index contributed by atoms with van der Waals surface area (Å²) in [6.07, 6.45) is 1.91. The Labute approximate surface area is 124 Å². The van der Waals surface area contributed by atoms with Crippen molar-refractivity contribution in [1.29, 1.82) is 0 Å². The Balaban J connectivity index is 1.90. The smallest absolute Gasteiger partial charge is 0.337 e. The number of fused-ring (bicyclic) bond motifs is 1. The van der Waals surface area contributed by atoms with Crippen LogP contribution in [-0.2, 0) is 6.54 Å². The number of carboxylic acids is 1. The molecule has 21 heavy (non-hydrogen) atoms. The molecule has 108 valence electrons. The Kier molecular flexibility index (Phi) is 3.49. The Morgan fingerprint density at radius 1 is 1.48 bits per heavy atom. The maximum Gasteiger partial charge on any atom is 0.337 e. The van der Waals surface area contributed by atoms with Crippen LogP contribution in [0.15, 0.2) is 35.8 Å². The molecule has 0 unspecified atom stereocenters. The quantitative estimate of drug-likeness (QED) is 0.758. The highest BCUT2D eigenvalue weighted by Crippen LogP contribution is 2.24. The van der Waals surface area contributed by atoms with Gasteiger partial charge in [0.25, 0.3) is 0 Å². The van der Waals surface area contributed by atoms with E-state index in [1.54, 1.807) is 31.4 Å². The lowest BCUT2D eigenvalue weighted by Gasteiger charge is -2.09. The van der Waals surface area contributed by atoms with Crippen LogP contribution in [0.3, 0.4) is 0 Å². The second kappa shape index (κ2) is 5.45. The molecule has 7 heteroatoms. The van der Waals surface area contributed by atoms with Gasteiger partial charge < -0.3 is 15.2 Å². The summed E-state index contributed by atoms with van der Waals surface area (Å²) in [5.41, 5.74) is 1.66. The third-order valence-corrected chi connectivity index (χ3v) is 3.88. The summed E-state index contributed by atoms with van der Waals surface area (Å²) in [5, 5.41) is 14.3. The molecule has 3 rings (SSSR count). The van der Waals surface area contributed by atoms with Gasteiger partial charge in [0.1, 0.15) is 5.69 Å². The number of carbonyl (C=O) groups is 1. The Bertz CT molecular complexity index is 794. The third kappa shape index (κ3) is 2.43. The number of benzene rings is 1. The molecule has 0 aliphatic rings. The summed E-state index contributed by atoms with van der Waals surface area (Å²) in [6.45, 7) is 0.422. The standard InChI is InChI=1S/C14H13N3O3S/c1-20-12-11(17-6-7-21-14(17)16-12)8-15-10-5-3-2-4-9(10)13(18)19/h2-7,15H,8H2,1H3,(H,18,19). The number of carboxylic acid groups (broad SMARTS) is 1. The molecule has 0 aliphatic carbocycles. The number of ether oxygens (including phenoxy) is 1. The SMILES string of the molecule is COc1nc2sccn2c1CNc1ccccc1C(=O)O. The van der Waals surface area contributed by atoms with Gasteiger partial charge in [-0.1, -0.05) is 12.1 Å². The average molecular weight is 303 g/mol. The zero-order valence-electron chi connectivity index (χ0n) is 11.2. The van der Waals surface area contributed by atoms with E-state index < -0.39 is 5.97 Å². The van der Waals surface area contributed by atoms with E-state index in [2.05, 4.69) is 10.3 Å². The third-order valence-electron chi connectivity index (χ3n) is 3.12. The molecule has 2 N–H and O–H groups in total. The molecule has 0 aliphatic heterocycles. The van der Waals surface area contributed by atoms with Crippen LogP contribution in [0.25, 0.3) is 4.96 Å². The number of methoxy groups -OCH3 is 1. The Morgan fingerprint density at radius 2 is 2.29 bits per heavy atom. The fourth-order valence-electron chi connectivity index (χ4n) is 2.14. The molecule has 1 aromatic carbocycles. The van der Waals surface area contributed by atoms with Gasteiger partial charge in [-0.3, -0.25) is 4.40 Å². The normalized spacial score (nSPS) is 10.7. The van der Waals surface area contributed by atoms with Gasteiger partial charge in [-0.25, -0.2) is 4.79 Å². The van der Waals surface area contributed by atoms with E-state index in [4.69, 9.17) is 4.74 Å². The van der Waals surface area contributed by atoms with Crippen LogP contribution in [-0.4, -0.2) is 27.6 Å². The van der Waals surface area contributed by atoms with Gasteiger partial charge in [0.05, 0.1) is 19.2 Å². The molecule has 2 aromatic heterocycles. The van der Waals surface area contributed by atoms with Crippen LogP contribution in [0.5, 0.6) is 5.88 Å². The summed E-state index contributed by atoms with van der Waals surface area (Å²) in [4.78, 5) is 16.4. The van der Waals surface area contributed by atoms with E-state index in [1.807, 2.05) is 16.0 Å². The van der Waals surface area contributed by atoms with Crippen LogP contribution >= 0.6 is 11.3 Å². The zero-order chi connectivity index (χ0) is 14.8. The van der Waals surface area contributed by atoms with E-state index in [0.29, 0.717) is 18.1 Å². The number of aromatic nitrogens is 2. The monoisotopic (exact) mass is 303 g/mol. The lowest BCUT2D eigenvalue weighted by atomic mass is 10.2.